The molecule has 2 heterocycles. The summed E-state index contributed by atoms with van der Waals surface area (Å²) in [4.78, 5) is 24.5. The topological polar surface area (TPSA) is 74.2 Å². The first-order chi connectivity index (χ1) is 12.1. The Morgan fingerprint density at radius 1 is 1.28 bits per heavy atom. The number of esters is 1. The Kier molecular flexibility index (Phi) is 5.40. The molecule has 2 aromatic heterocycles. The highest BCUT2D eigenvalue weighted by Crippen LogP contribution is 2.34. The maximum absolute atomic E-state index is 12.0. The fraction of sp³-hybridized carbons (Fsp3) is 0.176. The maximum Gasteiger partial charge on any atom is 0.358 e. The average molecular weight is 420 g/mol. The number of carbonyl (C=O) groups excluding carboxylic acids is 1. The molecule has 0 saturated carbocycles. The lowest BCUT2D eigenvalue weighted by Gasteiger charge is -2.06. The lowest BCUT2D eigenvalue weighted by molar-refractivity contribution is 0.0461. The van der Waals surface area contributed by atoms with E-state index in [0.29, 0.717) is 5.69 Å². The molecule has 0 bridgehead atoms. The van der Waals surface area contributed by atoms with E-state index in [0.717, 1.165) is 26.5 Å². The van der Waals surface area contributed by atoms with Crippen LogP contribution >= 0.6 is 27.3 Å². The van der Waals surface area contributed by atoms with E-state index in [1.807, 2.05) is 23.6 Å². The highest BCUT2D eigenvalue weighted by molar-refractivity contribution is 9.10. The largest absolute Gasteiger partial charge is 0.496 e. The summed E-state index contributed by atoms with van der Waals surface area (Å²) in [5.41, 5.74) is 2.46. The van der Waals surface area contributed by atoms with Gasteiger partial charge in [-0.15, -0.1) is 11.3 Å². The Bertz CT molecular complexity index is 896. The van der Waals surface area contributed by atoms with Gasteiger partial charge in [-0.25, -0.2) is 14.8 Å². The standard InChI is InChI=1S/C17H14BrN3O3S/c1-10-6-20-14(7-19-10)17(22)24-8-12-9-25-16(21-12)13-5-11(18)3-4-15(13)23-2/h3-7,9H,8H2,1-2H3. The Hall–Kier alpha value is -2.32. The second-order valence-electron chi connectivity index (χ2n) is 5.11. The van der Waals surface area contributed by atoms with Crippen LogP contribution in [-0.4, -0.2) is 28.0 Å². The summed E-state index contributed by atoms with van der Waals surface area (Å²) in [7, 11) is 1.62. The van der Waals surface area contributed by atoms with Gasteiger partial charge in [0.05, 0.1) is 30.3 Å². The van der Waals surface area contributed by atoms with Crippen molar-refractivity contribution in [2.75, 3.05) is 7.11 Å². The number of halogens is 1. The van der Waals surface area contributed by atoms with Crippen LogP contribution in [0, 0.1) is 6.92 Å². The summed E-state index contributed by atoms with van der Waals surface area (Å²) >= 11 is 4.91. The van der Waals surface area contributed by atoms with Crippen molar-refractivity contribution in [1.82, 2.24) is 15.0 Å². The number of hydrogen-bond donors (Lipinski definition) is 0. The third-order valence-corrected chi connectivity index (χ3v) is 4.70. The highest BCUT2D eigenvalue weighted by Gasteiger charge is 2.14. The van der Waals surface area contributed by atoms with Gasteiger partial charge in [0.25, 0.3) is 0 Å². The van der Waals surface area contributed by atoms with E-state index >= 15 is 0 Å². The van der Waals surface area contributed by atoms with Crippen LogP contribution in [0.1, 0.15) is 21.9 Å². The van der Waals surface area contributed by atoms with Gasteiger partial charge in [0.2, 0.25) is 0 Å². The van der Waals surface area contributed by atoms with E-state index in [4.69, 9.17) is 9.47 Å². The van der Waals surface area contributed by atoms with Crippen molar-refractivity contribution in [2.45, 2.75) is 13.5 Å². The van der Waals surface area contributed by atoms with Gasteiger partial charge >= 0.3 is 5.97 Å². The lowest BCUT2D eigenvalue weighted by Crippen LogP contribution is -2.08. The van der Waals surface area contributed by atoms with E-state index in [-0.39, 0.29) is 12.3 Å². The fourth-order valence-electron chi connectivity index (χ4n) is 2.06. The zero-order valence-electron chi connectivity index (χ0n) is 13.5. The number of aromatic nitrogens is 3. The molecule has 128 valence electrons. The summed E-state index contributed by atoms with van der Waals surface area (Å²) in [5, 5.41) is 2.64. The molecule has 6 nitrogen and oxygen atoms in total. The maximum atomic E-state index is 12.0. The molecule has 0 N–H and O–H groups in total. The minimum atomic E-state index is -0.526. The van der Waals surface area contributed by atoms with Crippen molar-refractivity contribution < 1.29 is 14.3 Å². The molecule has 0 atom stereocenters. The average Bonchev–Trinajstić information content (AvgIpc) is 3.09. The first kappa shape index (κ1) is 17.5. The predicted octanol–water partition coefficient (Wildman–Crippen LogP) is 4.04. The van der Waals surface area contributed by atoms with Gasteiger partial charge < -0.3 is 9.47 Å². The summed E-state index contributed by atoms with van der Waals surface area (Å²) in [6.45, 7) is 1.87. The van der Waals surface area contributed by atoms with Crippen molar-refractivity contribution in [2.24, 2.45) is 0 Å². The van der Waals surface area contributed by atoms with Gasteiger partial charge in [-0.05, 0) is 25.1 Å². The van der Waals surface area contributed by atoms with Crippen LogP contribution in [0.3, 0.4) is 0 Å². The second-order valence-corrected chi connectivity index (χ2v) is 6.88. The molecule has 3 aromatic rings. The molecule has 1 aromatic carbocycles. The first-order valence-corrected chi connectivity index (χ1v) is 8.98. The Morgan fingerprint density at radius 2 is 2.12 bits per heavy atom. The lowest BCUT2D eigenvalue weighted by atomic mass is 10.2. The highest BCUT2D eigenvalue weighted by atomic mass is 79.9. The molecular formula is C17H14BrN3O3S. The number of nitrogens with zero attached hydrogens (tertiary/aromatic N) is 3. The summed E-state index contributed by atoms with van der Waals surface area (Å²) in [6, 6.07) is 5.72. The van der Waals surface area contributed by atoms with Crippen LogP contribution in [0.25, 0.3) is 10.6 Å². The normalized spacial score (nSPS) is 10.5. The Morgan fingerprint density at radius 3 is 2.84 bits per heavy atom. The van der Waals surface area contributed by atoms with Crippen molar-refractivity contribution in [3.05, 3.63) is 57.5 Å². The van der Waals surface area contributed by atoms with Gasteiger partial charge in [0.15, 0.2) is 5.69 Å². The van der Waals surface area contributed by atoms with E-state index in [9.17, 15) is 4.79 Å². The number of aryl methyl sites for hydroxylation is 1. The summed E-state index contributed by atoms with van der Waals surface area (Å²) < 4.78 is 11.6. The van der Waals surface area contributed by atoms with Crippen LogP contribution in [0.15, 0.2) is 40.4 Å². The van der Waals surface area contributed by atoms with Crippen LogP contribution in [0.2, 0.25) is 0 Å². The van der Waals surface area contributed by atoms with Crippen LogP contribution in [0.5, 0.6) is 5.75 Å². The molecule has 0 aliphatic heterocycles. The van der Waals surface area contributed by atoms with E-state index in [2.05, 4.69) is 30.9 Å². The van der Waals surface area contributed by atoms with Crippen molar-refractivity contribution in [1.29, 1.82) is 0 Å². The summed E-state index contributed by atoms with van der Waals surface area (Å²) in [5.74, 6) is 0.207. The molecule has 0 aliphatic rings. The van der Waals surface area contributed by atoms with Crippen molar-refractivity contribution >= 4 is 33.2 Å². The molecule has 0 fully saturated rings. The zero-order chi connectivity index (χ0) is 17.8. The van der Waals surface area contributed by atoms with Crippen molar-refractivity contribution in [3.63, 3.8) is 0 Å². The van der Waals surface area contributed by atoms with Crippen molar-refractivity contribution in [3.8, 4) is 16.3 Å². The van der Waals surface area contributed by atoms with Gasteiger partial charge in [-0.2, -0.15) is 0 Å². The van der Waals surface area contributed by atoms with E-state index in [1.54, 1.807) is 14.0 Å². The molecule has 0 amide bonds. The molecular weight excluding hydrogens is 406 g/mol. The van der Waals surface area contributed by atoms with E-state index in [1.165, 1.54) is 23.7 Å². The SMILES string of the molecule is COc1ccc(Br)cc1-c1nc(COC(=O)c2cnc(C)cn2)cs1. The number of thiazole rings is 1. The minimum Gasteiger partial charge on any atom is -0.496 e. The van der Waals surface area contributed by atoms with Gasteiger partial charge in [-0.1, -0.05) is 15.9 Å². The van der Waals surface area contributed by atoms with Crippen LogP contribution < -0.4 is 4.74 Å². The monoisotopic (exact) mass is 419 g/mol. The number of hydrogen-bond acceptors (Lipinski definition) is 7. The molecule has 3 rings (SSSR count). The molecule has 8 heteroatoms. The number of ether oxygens (including phenoxy) is 2. The number of rotatable bonds is 5. The fourth-order valence-corrected chi connectivity index (χ4v) is 3.24. The summed E-state index contributed by atoms with van der Waals surface area (Å²) in [6.07, 6.45) is 2.92. The molecule has 25 heavy (non-hydrogen) atoms. The van der Waals surface area contributed by atoms with Gasteiger partial charge in [0, 0.05) is 16.0 Å². The third-order valence-electron chi connectivity index (χ3n) is 3.28. The van der Waals surface area contributed by atoms with Gasteiger partial charge in [0.1, 0.15) is 17.4 Å². The number of methoxy groups -OCH3 is 1. The molecule has 0 unspecified atom stereocenters. The first-order valence-electron chi connectivity index (χ1n) is 7.31. The Labute approximate surface area is 157 Å². The van der Waals surface area contributed by atoms with Crippen LogP contribution in [-0.2, 0) is 11.3 Å². The van der Waals surface area contributed by atoms with Crippen LogP contribution in [0.4, 0.5) is 0 Å². The second kappa shape index (κ2) is 7.71. The predicted molar refractivity (Wildman–Crippen MR) is 97.7 cm³/mol. The van der Waals surface area contributed by atoms with E-state index < -0.39 is 5.97 Å². The smallest absolute Gasteiger partial charge is 0.358 e. The zero-order valence-corrected chi connectivity index (χ0v) is 15.9. The molecule has 0 spiro atoms. The number of carbonyl (C=O) groups is 1. The molecule has 0 saturated heterocycles. The third kappa shape index (κ3) is 4.21. The minimum absolute atomic E-state index is 0.0706. The molecule has 0 radical (unpaired) electrons. The molecule has 0 aliphatic carbocycles. The van der Waals surface area contributed by atoms with Gasteiger partial charge in [-0.3, -0.25) is 4.98 Å². The number of benzene rings is 1. The quantitative estimate of drug-likeness (QED) is 0.581. The Balaban J connectivity index is 1.71.